The first-order chi connectivity index (χ1) is 13.9. The van der Waals surface area contributed by atoms with Crippen LogP contribution in [0.4, 0.5) is 5.69 Å². The molecule has 158 valence electrons. The number of anilines is 1. The van der Waals surface area contributed by atoms with Crippen molar-refractivity contribution in [3.8, 4) is 0 Å². The third kappa shape index (κ3) is 5.57. The van der Waals surface area contributed by atoms with E-state index in [1.54, 1.807) is 32.3 Å². The van der Waals surface area contributed by atoms with Gasteiger partial charge in [-0.3, -0.25) is 4.90 Å². The molecule has 2 N–H and O–H groups in total. The fourth-order valence-electron chi connectivity index (χ4n) is 3.62. The van der Waals surface area contributed by atoms with E-state index >= 15 is 0 Å². The fraction of sp³-hybridized carbons (Fsp3) is 0.455. The van der Waals surface area contributed by atoms with Crippen LogP contribution in [0.1, 0.15) is 24.0 Å². The van der Waals surface area contributed by atoms with Crippen molar-refractivity contribution in [3.05, 3.63) is 59.7 Å². The number of hydrogen-bond acceptors (Lipinski definition) is 5. The molecule has 29 heavy (non-hydrogen) atoms. The lowest BCUT2D eigenvalue weighted by atomic mass is 9.97. The summed E-state index contributed by atoms with van der Waals surface area (Å²) in [6.45, 7) is 3.72. The van der Waals surface area contributed by atoms with Crippen LogP contribution in [0.5, 0.6) is 0 Å². The second kappa shape index (κ2) is 9.71. The molecule has 0 amide bonds. The van der Waals surface area contributed by atoms with Gasteiger partial charge in [0.1, 0.15) is 0 Å². The molecule has 0 radical (unpaired) electrons. The molecule has 1 fully saturated rings. The molecule has 0 aliphatic carbocycles. The van der Waals surface area contributed by atoms with E-state index in [-0.39, 0.29) is 6.61 Å². The first-order valence-electron chi connectivity index (χ1n) is 10.1. The summed E-state index contributed by atoms with van der Waals surface area (Å²) in [7, 11) is -0.352. The van der Waals surface area contributed by atoms with Gasteiger partial charge in [-0.15, -0.1) is 0 Å². The highest BCUT2D eigenvalue weighted by Crippen LogP contribution is 2.23. The Hall–Kier alpha value is -1.93. The SMILES string of the molecule is CN(C)S(=O)(=O)c1cccc(CNc2ccccc2CN2CCC(CO)CC2)c1. The van der Waals surface area contributed by atoms with Gasteiger partial charge in [0.05, 0.1) is 4.90 Å². The lowest BCUT2D eigenvalue weighted by molar-refractivity contribution is 0.127. The average Bonchev–Trinajstić information content (AvgIpc) is 2.74. The Kier molecular flexibility index (Phi) is 7.29. The molecule has 2 aromatic carbocycles. The number of aliphatic hydroxyl groups is 1. The highest BCUT2D eigenvalue weighted by Gasteiger charge is 2.19. The normalized spacial score (nSPS) is 16.3. The number of piperidine rings is 1. The summed E-state index contributed by atoms with van der Waals surface area (Å²) in [4.78, 5) is 2.73. The van der Waals surface area contributed by atoms with Gasteiger partial charge in [-0.25, -0.2) is 12.7 Å². The van der Waals surface area contributed by atoms with E-state index in [2.05, 4.69) is 22.3 Å². The fourth-order valence-corrected chi connectivity index (χ4v) is 4.60. The van der Waals surface area contributed by atoms with E-state index in [0.29, 0.717) is 17.4 Å². The molecule has 0 atom stereocenters. The van der Waals surface area contributed by atoms with Gasteiger partial charge >= 0.3 is 0 Å². The zero-order chi connectivity index (χ0) is 20.9. The molecular formula is C22H31N3O3S. The van der Waals surface area contributed by atoms with Crippen LogP contribution in [0.15, 0.2) is 53.4 Å². The predicted octanol–water partition coefficient (Wildman–Crippen LogP) is 2.75. The molecule has 0 spiro atoms. The molecule has 7 heteroatoms. The van der Waals surface area contributed by atoms with E-state index < -0.39 is 10.0 Å². The number of aliphatic hydroxyl groups excluding tert-OH is 1. The van der Waals surface area contributed by atoms with Crippen LogP contribution in [0.25, 0.3) is 0 Å². The Morgan fingerprint density at radius 2 is 1.83 bits per heavy atom. The summed E-state index contributed by atoms with van der Waals surface area (Å²) in [6.07, 6.45) is 2.08. The monoisotopic (exact) mass is 417 g/mol. The van der Waals surface area contributed by atoms with Crippen molar-refractivity contribution < 1.29 is 13.5 Å². The first kappa shape index (κ1) is 21.8. The van der Waals surface area contributed by atoms with Gasteiger partial charge in [0.2, 0.25) is 10.0 Å². The molecule has 0 bridgehead atoms. The van der Waals surface area contributed by atoms with E-state index in [9.17, 15) is 13.5 Å². The average molecular weight is 418 g/mol. The van der Waals surface area contributed by atoms with Crippen LogP contribution in [0, 0.1) is 5.92 Å². The standard InChI is InChI=1S/C22H31N3O3S/c1-24(2)29(27,28)21-8-5-6-19(14-21)15-23-22-9-4-3-7-20(22)16-25-12-10-18(17-26)11-13-25/h3-9,14,18,23,26H,10-13,15-17H2,1-2H3. The molecule has 6 nitrogen and oxygen atoms in total. The molecular weight excluding hydrogens is 386 g/mol. The van der Waals surface area contributed by atoms with Crippen LogP contribution >= 0.6 is 0 Å². The Balaban J connectivity index is 1.66. The van der Waals surface area contributed by atoms with Crippen molar-refractivity contribution >= 4 is 15.7 Å². The molecule has 2 aromatic rings. The number of para-hydroxylation sites is 1. The summed E-state index contributed by atoms with van der Waals surface area (Å²) >= 11 is 0. The van der Waals surface area contributed by atoms with Gasteiger partial charge in [-0.05, 0) is 61.2 Å². The van der Waals surface area contributed by atoms with Crippen molar-refractivity contribution in [3.63, 3.8) is 0 Å². The molecule has 1 saturated heterocycles. The Labute approximate surface area is 174 Å². The second-order valence-electron chi connectivity index (χ2n) is 7.85. The third-order valence-corrected chi connectivity index (χ3v) is 7.35. The van der Waals surface area contributed by atoms with Gasteiger partial charge in [0.25, 0.3) is 0 Å². The summed E-state index contributed by atoms with van der Waals surface area (Å²) in [6, 6.07) is 15.3. The first-order valence-corrected chi connectivity index (χ1v) is 11.5. The summed E-state index contributed by atoms with van der Waals surface area (Å²) in [5, 5.41) is 12.8. The Morgan fingerprint density at radius 3 is 2.52 bits per heavy atom. The Morgan fingerprint density at radius 1 is 1.10 bits per heavy atom. The second-order valence-corrected chi connectivity index (χ2v) is 10.00. The van der Waals surface area contributed by atoms with Crippen LogP contribution in [-0.4, -0.2) is 56.5 Å². The maximum atomic E-state index is 12.4. The molecule has 0 saturated carbocycles. The molecule has 0 unspecified atom stereocenters. The van der Waals surface area contributed by atoms with Gasteiger partial charge in [0, 0.05) is 39.5 Å². The number of nitrogens with one attached hydrogen (secondary N) is 1. The number of hydrogen-bond donors (Lipinski definition) is 2. The van der Waals surface area contributed by atoms with Crippen LogP contribution < -0.4 is 5.32 Å². The molecule has 1 aliphatic heterocycles. The van der Waals surface area contributed by atoms with Crippen molar-refractivity contribution in [1.29, 1.82) is 0 Å². The molecule has 1 aliphatic rings. The van der Waals surface area contributed by atoms with E-state index in [4.69, 9.17) is 0 Å². The van der Waals surface area contributed by atoms with Gasteiger partial charge < -0.3 is 10.4 Å². The van der Waals surface area contributed by atoms with Crippen molar-refractivity contribution in [2.45, 2.75) is 30.8 Å². The number of nitrogens with zero attached hydrogens (tertiary/aromatic N) is 2. The molecule has 1 heterocycles. The summed E-state index contributed by atoms with van der Waals surface area (Å²) < 4.78 is 26.0. The van der Waals surface area contributed by atoms with Crippen LogP contribution in [0.3, 0.4) is 0 Å². The number of likely N-dealkylation sites (tertiary alicyclic amines) is 1. The molecule has 3 rings (SSSR count). The minimum Gasteiger partial charge on any atom is -0.396 e. The number of sulfonamides is 1. The minimum atomic E-state index is -3.44. The largest absolute Gasteiger partial charge is 0.396 e. The lowest BCUT2D eigenvalue weighted by Crippen LogP contribution is -2.34. The summed E-state index contributed by atoms with van der Waals surface area (Å²) in [5.74, 6) is 0.435. The van der Waals surface area contributed by atoms with Gasteiger partial charge in [0.15, 0.2) is 0 Å². The zero-order valence-corrected chi connectivity index (χ0v) is 18.0. The van der Waals surface area contributed by atoms with E-state index in [0.717, 1.165) is 43.7 Å². The van der Waals surface area contributed by atoms with Crippen LogP contribution in [-0.2, 0) is 23.1 Å². The highest BCUT2D eigenvalue weighted by atomic mass is 32.2. The lowest BCUT2D eigenvalue weighted by Gasteiger charge is -2.31. The van der Waals surface area contributed by atoms with Gasteiger partial charge in [-0.1, -0.05) is 30.3 Å². The maximum absolute atomic E-state index is 12.4. The topological polar surface area (TPSA) is 72.9 Å². The van der Waals surface area contributed by atoms with Crippen molar-refractivity contribution in [2.75, 3.05) is 39.1 Å². The van der Waals surface area contributed by atoms with Crippen molar-refractivity contribution in [2.24, 2.45) is 5.92 Å². The number of benzene rings is 2. The predicted molar refractivity (Wildman–Crippen MR) is 116 cm³/mol. The quantitative estimate of drug-likeness (QED) is 0.691. The van der Waals surface area contributed by atoms with E-state index in [1.807, 2.05) is 18.2 Å². The van der Waals surface area contributed by atoms with Crippen LogP contribution in [0.2, 0.25) is 0 Å². The third-order valence-electron chi connectivity index (χ3n) is 5.54. The smallest absolute Gasteiger partial charge is 0.242 e. The van der Waals surface area contributed by atoms with Gasteiger partial charge in [-0.2, -0.15) is 0 Å². The highest BCUT2D eigenvalue weighted by molar-refractivity contribution is 7.89. The minimum absolute atomic E-state index is 0.286. The van der Waals surface area contributed by atoms with E-state index in [1.165, 1.54) is 9.87 Å². The van der Waals surface area contributed by atoms with Crippen molar-refractivity contribution in [1.82, 2.24) is 9.21 Å². The zero-order valence-electron chi connectivity index (χ0n) is 17.2. The Bertz CT molecular complexity index is 907. The summed E-state index contributed by atoms with van der Waals surface area (Å²) in [5.41, 5.74) is 3.22. The number of rotatable bonds is 8. The molecule has 0 aromatic heterocycles. The maximum Gasteiger partial charge on any atom is 0.242 e.